The fourth-order valence-electron chi connectivity index (χ4n) is 5.88. The van der Waals surface area contributed by atoms with Gasteiger partial charge in [-0.05, 0) is 73.6 Å². The van der Waals surface area contributed by atoms with E-state index in [-0.39, 0.29) is 35.7 Å². The first-order chi connectivity index (χ1) is 23.9. The summed E-state index contributed by atoms with van der Waals surface area (Å²) in [5, 5.41) is 14.4. The summed E-state index contributed by atoms with van der Waals surface area (Å²) in [6.07, 6.45) is 3.13. The number of carbonyl (C=O) groups is 2. The molecule has 15 heteroatoms. The number of amides is 2. The van der Waals surface area contributed by atoms with Gasteiger partial charge < -0.3 is 29.4 Å². The molecule has 2 N–H and O–H groups in total. The van der Waals surface area contributed by atoms with Crippen molar-refractivity contribution in [1.29, 1.82) is 0 Å². The Morgan fingerprint density at radius 1 is 1.12 bits per heavy atom. The highest BCUT2D eigenvalue weighted by atomic mass is 35.5. The predicted octanol–water partition coefficient (Wildman–Crippen LogP) is 10.1. The number of benzene rings is 2. The van der Waals surface area contributed by atoms with Crippen LogP contribution in [0, 0.1) is 5.92 Å². The van der Waals surface area contributed by atoms with E-state index in [1.807, 2.05) is 31.2 Å². The van der Waals surface area contributed by atoms with Gasteiger partial charge in [0.2, 0.25) is 5.91 Å². The molecule has 9 nitrogen and oxygen atoms in total. The third-order valence-electron chi connectivity index (χ3n) is 9.95. The van der Waals surface area contributed by atoms with Crippen molar-refractivity contribution in [3.05, 3.63) is 72.6 Å². The number of thiazole rings is 1. The van der Waals surface area contributed by atoms with Crippen molar-refractivity contribution in [1.82, 2.24) is 15.2 Å². The van der Waals surface area contributed by atoms with Crippen LogP contribution >= 0.6 is 57.7 Å². The third-order valence-corrected chi connectivity index (χ3v) is 17.0. The molecule has 2 fully saturated rings. The van der Waals surface area contributed by atoms with Gasteiger partial charge in [-0.15, -0.1) is 11.3 Å². The van der Waals surface area contributed by atoms with E-state index in [0.29, 0.717) is 45.4 Å². The summed E-state index contributed by atoms with van der Waals surface area (Å²) in [6.45, 7) is 14.7. The van der Waals surface area contributed by atoms with Crippen LogP contribution in [0.25, 0.3) is 0 Å². The van der Waals surface area contributed by atoms with Gasteiger partial charge in [0, 0.05) is 43.2 Å². The number of carboxylic acid groups (broad SMARTS) is 1. The summed E-state index contributed by atoms with van der Waals surface area (Å²) in [4.78, 5) is 35.0. The van der Waals surface area contributed by atoms with Gasteiger partial charge >= 0.3 is 6.09 Å². The molecule has 2 heterocycles. The molecule has 1 aliphatic heterocycles. The zero-order valence-electron chi connectivity index (χ0n) is 29.8. The Morgan fingerprint density at radius 3 is 2.43 bits per heavy atom. The van der Waals surface area contributed by atoms with E-state index in [9.17, 15) is 14.7 Å². The molecule has 0 bridgehead atoms. The first-order valence-corrected chi connectivity index (χ1v) is 22.4. The first-order valence-electron chi connectivity index (χ1n) is 17.2. The summed E-state index contributed by atoms with van der Waals surface area (Å²) in [5.41, 5.74) is 1.67. The highest BCUT2D eigenvalue weighted by Gasteiger charge is 2.39. The number of rotatable bonds is 14. The highest BCUT2D eigenvalue weighted by molar-refractivity contribution is 7.15. The fraction of sp³-hybridized carbons (Fsp3) is 0.528. The van der Waals surface area contributed by atoms with E-state index >= 15 is 0 Å². The maximum Gasteiger partial charge on any atom is 0.404 e. The Balaban J connectivity index is 1.23. The average Bonchev–Trinajstić information content (AvgIpc) is 3.59. The lowest BCUT2D eigenvalue weighted by Gasteiger charge is -2.38. The number of ether oxygens (including phenoxy) is 1. The standard InChI is InChI=1S/C36H46Cl4N4O5SSi/c1-21(49-51(5,6)36(2,3)4)23-15-29(38)32(30(39)16-23)48-26-12-13-43(20-26)34-41-18-27(50-34)14-24(17-42-35(46)47)33(45)44(25-10-11-25)19-22-8-7-9-28(37)31(22)40/h7-9,15-16,18,21,24-26,42H,10-14,17,19-20H2,1-6H3,(H,46,47)/t21-,24+,26+/m0/s1. The second-order valence-corrected chi connectivity index (χ2v) is 22.4. The fourth-order valence-corrected chi connectivity index (χ4v) is 9.25. The van der Waals surface area contributed by atoms with Gasteiger partial charge in [-0.1, -0.05) is 79.3 Å². The van der Waals surface area contributed by atoms with Gasteiger partial charge in [0.1, 0.15) is 6.10 Å². The molecular weight excluding hydrogens is 770 g/mol. The van der Waals surface area contributed by atoms with E-state index < -0.39 is 20.3 Å². The summed E-state index contributed by atoms with van der Waals surface area (Å²) in [6, 6.07) is 9.21. The molecule has 3 atom stereocenters. The lowest BCUT2D eigenvalue weighted by Crippen LogP contribution is -2.43. The van der Waals surface area contributed by atoms with Crippen LogP contribution in [-0.4, -0.2) is 67.1 Å². The Bertz CT molecular complexity index is 1710. The average molecular weight is 817 g/mol. The van der Waals surface area contributed by atoms with Crippen LogP contribution in [0.2, 0.25) is 38.2 Å². The third kappa shape index (κ3) is 10.0. The number of anilines is 1. The molecule has 3 aromatic rings. The minimum Gasteiger partial charge on any atom is -0.485 e. The first kappa shape index (κ1) is 39.9. The van der Waals surface area contributed by atoms with Crippen LogP contribution in [-0.2, 0) is 22.2 Å². The number of hydrogen-bond acceptors (Lipinski definition) is 7. The highest BCUT2D eigenvalue weighted by Crippen LogP contribution is 2.43. The van der Waals surface area contributed by atoms with Crippen molar-refractivity contribution in [2.45, 2.75) is 96.3 Å². The molecule has 2 aliphatic rings. The van der Waals surface area contributed by atoms with Gasteiger partial charge in [-0.2, -0.15) is 0 Å². The summed E-state index contributed by atoms with van der Waals surface area (Å²) >= 11 is 27.7. The Labute approximate surface area is 325 Å². The van der Waals surface area contributed by atoms with Gasteiger partial charge in [-0.3, -0.25) is 4.79 Å². The van der Waals surface area contributed by atoms with E-state index in [0.717, 1.165) is 46.9 Å². The van der Waals surface area contributed by atoms with E-state index in [1.54, 1.807) is 17.2 Å². The Kier molecular flexibility index (Phi) is 12.8. The summed E-state index contributed by atoms with van der Waals surface area (Å²) < 4.78 is 12.9. The van der Waals surface area contributed by atoms with E-state index in [2.05, 4.69) is 49.1 Å². The molecule has 0 radical (unpaired) electrons. The van der Waals surface area contributed by atoms with E-state index in [1.165, 1.54) is 11.3 Å². The van der Waals surface area contributed by atoms with Crippen molar-refractivity contribution < 1.29 is 23.9 Å². The number of nitrogens with one attached hydrogen (secondary N) is 1. The second kappa shape index (κ2) is 16.4. The molecule has 1 aromatic heterocycles. The maximum absolute atomic E-state index is 14.0. The molecule has 1 saturated carbocycles. The smallest absolute Gasteiger partial charge is 0.404 e. The molecule has 51 heavy (non-hydrogen) atoms. The largest absolute Gasteiger partial charge is 0.485 e. The topological polar surface area (TPSA) is 104 Å². The molecule has 2 amide bonds. The van der Waals surface area contributed by atoms with Gasteiger partial charge in [0.25, 0.3) is 0 Å². The predicted molar refractivity (Wildman–Crippen MR) is 210 cm³/mol. The number of nitrogens with zero attached hydrogens (tertiary/aromatic N) is 3. The van der Waals surface area contributed by atoms with Crippen molar-refractivity contribution in [3.8, 4) is 5.75 Å². The Morgan fingerprint density at radius 2 is 1.80 bits per heavy atom. The van der Waals surface area contributed by atoms with Crippen LogP contribution in [0.5, 0.6) is 5.75 Å². The van der Waals surface area contributed by atoms with Crippen LogP contribution in [0.3, 0.4) is 0 Å². The summed E-state index contributed by atoms with van der Waals surface area (Å²) in [7, 11) is -2.00. The van der Waals surface area contributed by atoms with Gasteiger partial charge in [0.05, 0.1) is 38.7 Å². The molecule has 1 aliphatic carbocycles. The number of carbonyl (C=O) groups excluding carboxylic acids is 1. The zero-order valence-corrected chi connectivity index (χ0v) is 34.6. The Hall–Kier alpha value is -2.25. The number of halogens is 4. The SMILES string of the molecule is C[C@H](O[Si](C)(C)C(C)(C)C)c1cc(Cl)c(O[C@@H]2CCN(c3ncc(C[C@H](CNC(=O)O)C(=O)N(Cc4cccc(Cl)c4Cl)C4CC4)s3)C2)c(Cl)c1. The molecule has 2 aromatic carbocycles. The molecule has 5 rings (SSSR count). The maximum atomic E-state index is 14.0. The molecule has 278 valence electrons. The van der Waals surface area contributed by atoms with Crippen molar-refractivity contribution in [3.63, 3.8) is 0 Å². The molecule has 0 unspecified atom stereocenters. The summed E-state index contributed by atoms with van der Waals surface area (Å²) in [5.74, 6) is -0.294. The normalized spacial score (nSPS) is 17.7. The van der Waals surface area contributed by atoms with Crippen molar-refractivity contribution in [2.75, 3.05) is 24.5 Å². The number of aromatic nitrogens is 1. The zero-order chi connectivity index (χ0) is 37.2. The van der Waals surface area contributed by atoms with E-state index in [4.69, 9.17) is 55.6 Å². The van der Waals surface area contributed by atoms with Crippen LogP contribution in [0.15, 0.2) is 36.5 Å². The molecule has 1 saturated heterocycles. The minimum absolute atomic E-state index is 0.0188. The van der Waals surface area contributed by atoms with Crippen molar-refractivity contribution >= 4 is 83.2 Å². The number of hydrogen-bond donors (Lipinski definition) is 2. The van der Waals surface area contributed by atoms with Gasteiger partial charge in [-0.25, -0.2) is 9.78 Å². The molecular formula is C36H46Cl4N4O5SSi. The van der Waals surface area contributed by atoms with Crippen LogP contribution in [0.4, 0.5) is 9.93 Å². The minimum atomic E-state index is -2.00. The second-order valence-electron chi connectivity index (χ2n) is 14.9. The van der Waals surface area contributed by atoms with Crippen LogP contribution < -0.4 is 15.0 Å². The lowest BCUT2D eigenvalue weighted by molar-refractivity contribution is -0.136. The lowest BCUT2D eigenvalue weighted by atomic mass is 10.0. The molecule has 0 spiro atoms. The monoisotopic (exact) mass is 814 g/mol. The quantitative estimate of drug-likeness (QED) is 0.156. The van der Waals surface area contributed by atoms with Crippen molar-refractivity contribution in [2.24, 2.45) is 5.92 Å². The van der Waals surface area contributed by atoms with Crippen LogP contribution in [0.1, 0.15) is 69.1 Å². The van der Waals surface area contributed by atoms with Gasteiger partial charge in [0.15, 0.2) is 19.2 Å².